The number of benzene rings is 1. The molecule has 1 aromatic carbocycles. The van der Waals surface area contributed by atoms with Crippen LogP contribution >= 0.6 is 0 Å². The highest BCUT2D eigenvalue weighted by Crippen LogP contribution is 2.45. The van der Waals surface area contributed by atoms with Crippen molar-refractivity contribution in [2.24, 2.45) is 0 Å². The Bertz CT molecular complexity index is 1820. The van der Waals surface area contributed by atoms with Crippen LogP contribution < -0.4 is 5.73 Å². The molecule has 1 amide bonds. The normalized spacial score (nSPS) is 19.7. The molecule has 42 heavy (non-hydrogen) atoms. The zero-order valence-corrected chi connectivity index (χ0v) is 23.0. The molecular formula is C32H29N7O3. The Labute approximate surface area is 241 Å². The highest BCUT2D eigenvalue weighted by molar-refractivity contribution is 6.00. The first kappa shape index (κ1) is 25.8. The molecule has 2 aliphatic rings. The predicted molar refractivity (Wildman–Crippen MR) is 157 cm³/mol. The largest absolute Gasteiger partial charge is 0.507 e. The van der Waals surface area contributed by atoms with E-state index in [9.17, 15) is 14.7 Å². The lowest BCUT2D eigenvalue weighted by atomic mass is 9.85. The minimum absolute atomic E-state index is 0.0426. The molecule has 0 unspecified atom stereocenters. The highest BCUT2D eigenvalue weighted by atomic mass is 16.3. The topological polar surface area (TPSA) is 140 Å². The summed E-state index contributed by atoms with van der Waals surface area (Å²) in [5, 5.41) is 14.8. The third-order valence-corrected chi connectivity index (χ3v) is 8.59. The molecule has 210 valence electrons. The Balaban J connectivity index is 1.25. The summed E-state index contributed by atoms with van der Waals surface area (Å²) in [6, 6.07) is 15.3. The molecule has 2 aliphatic heterocycles. The van der Waals surface area contributed by atoms with Crippen molar-refractivity contribution in [1.29, 1.82) is 0 Å². The van der Waals surface area contributed by atoms with Crippen LogP contribution in [-0.2, 0) is 0 Å². The number of aromatic hydroxyl groups is 1. The Kier molecular flexibility index (Phi) is 6.18. The quantitative estimate of drug-likeness (QED) is 0.290. The number of pyridine rings is 2. The molecule has 0 aliphatic carbocycles. The standard InChI is InChI=1S/C32H29N7O3/c1-18(40)28-29(21-13-22-8-9-23(14-21)38(22)32(42)25-16-34-12-11-27(25)41)37-31-24(17-36-39(31)30(28)33)20-7-10-26(35-15-20)19-5-3-2-4-6-19/h2-7,10-12,15-17,21-23H,8-9,13-14,33H2,1H3,(H,34,41)/t21-,22+,23-. The van der Waals surface area contributed by atoms with Gasteiger partial charge in [0, 0.05) is 53.3 Å². The van der Waals surface area contributed by atoms with Gasteiger partial charge in [-0.25, -0.2) is 4.98 Å². The molecule has 2 bridgehead atoms. The van der Waals surface area contributed by atoms with Crippen LogP contribution in [0.1, 0.15) is 64.9 Å². The second kappa shape index (κ2) is 10.1. The molecule has 0 radical (unpaired) electrons. The van der Waals surface area contributed by atoms with E-state index in [1.165, 1.54) is 29.9 Å². The lowest BCUT2D eigenvalue weighted by Gasteiger charge is -2.39. The number of nitrogens with zero attached hydrogens (tertiary/aromatic N) is 6. The van der Waals surface area contributed by atoms with Gasteiger partial charge in [-0.1, -0.05) is 36.4 Å². The van der Waals surface area contributed by atoms with Crippen molar-refractivity contribution in [3.63, 3.8) is 0 Å². The monoisotopic (exact) mass is 559 g/mol. The third kappa shape index (κ3) is 4.18. The van der Waals surface area contributed by atoms with E-state index in [1.54, 1.807) is 12.4 Å². The fourth-order valence-corrected chi connectivity index (χ4v) is 6.65. The Morgan fingerprint density at radius 1 is 0.952 bits per heavy atom. The molecule has 10 heteroatoms. The van der Waals surface area contributed by atoms with E-state index in [0.717, 1.165) is 35.2 Å². The van der Waals surface area contributed by atoms with Gasteiger partial charge in [-0.2, -0.15) is 9.61 Å². The average Bonchev–Trinajstić information content (AvgIpc) is 3.55. The summed E-state index contributed by atoms with van der Waals surface area (Å²) < 4.78 is 1.53. The summed E-state index contributed by atoms with van der Waals surface area (Å²) in [7, 11) is 0. The first-order valence-electron chi connectivity index (χ1n) is 14.1. The van der Waals surface area contributed by atoms with E-state index >= 15 is 0 Å². The maximum absolute atomic E-state index is 13.4. The van der Waals surface area contributed by atoms with Gasteiger partial charge in [0.2, 0.25) is 0 Å². The molecular weight excluding hydrogens is 530 g/mol. The van der Waals surface area contributed by atoms with Gasteiger partial charge in [0.1, 0.15) is 11.6 Å². The van der Waals surface area contributed by atoms with Crippen LogP contribution in [-0.4, -0.2) is 58.3 Å². The molecule has 0 spiro atoms. The van der Waals surface area contributed by atoms with Crippen molar-refractivity contribution in [2.75, 3.05) is 5.73 Å². The summed E-state index contributed by atoms with van der Waals surface area (Å²) >= 11 is 0. The number of carbonyl (C=O) groups is 2. The van der Waals surface area contributed by atoms with Gasteiger partial charge in [0.25, 0.3) is 5.91 Å². The number of ketones is 1. The van der Waals surface area contributed by atoms with Crippen LogP contribution in [0.25, 0.3) is 28.0 Å². The SMILES string of the molecule is CC(=O)c1c([C@H]2C[C@H]3CC[C@@H](C2)N3C(=O)c2cnccc2O)nc2c(-c3ccc(-c4ccccc4)nc3)cnn2c1N. The lowest BCUT2D eigenvalue weighted by molar-refractivity contribution is 0.0565. The van der Waals surface area contributed by atoms with Gasteiger partial charge < -0.3 is 15.7 Å². The minimum atomic E-state index is -0.217. The summed E-state index contributed by atoms with van der Waals surface area (Å²) in [4.78, 5) is 42.0. The molecule has 6 heterocycles. The second-order valence-electron chi connectivity index (χ2n) is 11.1. The number of aromatic nitrogens is 5. The van der Waals surface area contributed by atoms with Crippen molar-refractivity contribution in [3.8, 4) is 28.1 Å². The van der Waals surface area contributed by atoms with Gasteiger partial charge in [-0.05, 0) is 44.7 Å². The number of carbonyl (C=O) groups excluding carboxylic acids is 2. The van der Waals surface area contributed by atoms with Crippen LogP contribution in [0.2, 0.25) is 0 Å². The first-order chi connectivity index (χ1) is 20.4. The Morgan fingerprint density at radius 3 is 2.38 bits per heavy atom. The van der Waals surface area contributed by atoms with Gasteiger partial charge in [0.05, 0.1) is 28.7 Å². The summed E-state index contributed by atoms with van der Waals surface area (Å²) in [6.07, 6.45) is 9.35. The summed E-state index contributed by atoms with van der Waals surface area (Å²) in [6.45, 7) is 1.50. The van der Waals surface area contributed by atoms with Crippen LogP contribution in [0.5, 0.6) is 5.75 Å². The van der Waals surface area contributed by atoms with Gasteiger partial charge in [-0.15, -0.1) is 0 Å². The number of piperidine rings is 1. The first-order valence-corrected chi connectivity index (χ1v) is 14.1. The van der Waals surface area contributed by atoms with Gasteiger partial charge >= 0.3 is 0 Å². The number of amides is 1. The van der Waals surface area contributed by atoms with Crippen LogP contribution in [0.3, 0.4) is 0 Å². The van der Waals surface area contributed by atoms with E-state index in [0.29, 0.717) is 29.7 Å². The second-order valence-corrected chi connectivity index (χ2v) is 11.1. The number of rotatable bonds is 5. The smallest absolute Gasteiger partial charge is 0.259 e. The van der Waals surface area contributed by atoms with Crippen LogP contribution in [0, 0.1) is 0 Å². The fraction of sp³-hybridized carbons (Fsp3) is 0.250. The molecule has 7 rings (SSSR count). The molecule has 2 saturated heterocycles. The Morgan fingerprint density at radius 2 is 1.71 bits per heavy atom. The van der Waals surface area contributed by atoms with Crippen molar-refractivity contribution >= 4 is 23.2 Å². The summed E-state index contributed by atoms with van der Waals surface area (Å²) in [5.41, 5.74) is 11.9. The maximum Gasteiger partial charge on any atom is 0.259 e. The van der Waals surface area contributed by atoms with Crippen LogP contribution in [0.4, 0.5) is 5.82 Å². The van der Waals surface area contributed by atoms with Gasteiger partial charge in [0.15, 0.2) is 11.4 Å². The molecule has 3 atom stereocenters. The van der Waals surface area contributed by atoms with Crippen molar-refractivity contribution in [3.05, 3.63) is 90.1 Å². The highest BCUT2D eigenvalue weighted by Gasteiger charge is 2.45. The fourth-order valence-electron chi connectivity index (χ4n) is 6.65. The van der Waals surface area contributed by atoms with Gasteiger partial charge in [-0.3, -0.25) is 19.6 Å². The molecule has 2 fully saturated rings. The van der Waals surface area contributed by atoms with E-state index < -0.39 is 0 Å². The molecule has 10 nitrogen and oxygen atoms in total. The van der Waals surface area contributed by atoms with Crippen molar-refractivity contribution < 1.29 is 14.7 Å². The zero-order chi connectivity index (χ0) is 29.0. The van der Waals surface area contributed by atoms with Crippen LogP contribution in [0.15, 0.2) is 73.3 Å². The number of anilines is 1. The molecule has 0 saturated carbocycles. The van der Waals surface area contributed by atoms with E-state index in [-0.39, 0.29) is 46.8 Å². The molecule has 4 aromatic heterocycles. The lowest BCUT2D eigenvalue weighted by Crippen LogP contribution is -2.46. The number of hydrogen-bond acceptors (Lipinski definition) is 8. The summed E-state index contributed by atoms with van der Waals surface area (Å²) in [5.74, 6) is -0.273. The Hall–Kier alpha value is -5.12. The number of Topliss-reactive ketones (excluding diaryl/α,β-unsaturated/α-hetero) is 1. The number of hydrogen-bond donors (Lipinski definition) is 2. The van der Waals surface area contributed by atoms with E-state index in [1.807, 2.05) is 47.4 Å². The zero-order valence-electron chi connectivity index (χ0n) is 23.0. The van der Waals surface area contributed by atoms with Crippen molar-refractivity contribution in [1.82, 2.24) is 29.5 Å². The van der Waals surface area contributed by atoms with E-state index in [2.05, 4.69) is 15.1 Å². The van der Waals surface area contributed by atoms with E-state index in [4.69, 9.17) is 10.7 Å². The number of nitrogen functional groups attached to an aromatic ring is 1. The third-order valence-electron chi connectivity index (χ3n) is 8.59. The molecule has 3 N–H and O–H groups in total. The number of fused-ring (bicyclic) bond motifs is 3. The maximum atomic E-state index is 13.4. The predicted octanol–water partition coefficient (Wildman–Crippen LogP) is 4.89. The number of nitrogens with two attached hydrogens (primary N) is 1. The minimum Gasteiger partial charge on any atom is -0.507 e. The average molecular weight is 560 g/mol. The molecule has 5 aromatic rings. The van der Waals surface area contributed by atoms with Crippen molar-refractivity contribution in [2.45, 2.75) is 50.6 Å².